The Morgan fingerprint density at radius 3 is 2.50 bits per heavy atom. The van der Waals surface area contributed by atoms with Crippen LogP contribution in [-0.2, 0) is 14.1 Å². The number of esters is 1. The Hall–Kier alpha value is -1.12. The molecule has 0 fully saturated rings. The molecule has 1 N–H and O–H groups in total. The predicted molar refractivity (Wildman–Crippen MR) is 61.9 cm³/mol. The lowest BCUT2D eigenvalue weighted by Gasteiger charge is -2.15. The van der Waals surface area contributed by atoms with Crippen LogP contribution in [-0.4, -0.2) is 24.1 Å². The molecule has 0 aliphatic rings. The van der Waals surface area contributed by atoms with Gasteiger partial charge in [-0.3, -0.25) is 9.36 Å². The second kappa shape index (κ2) is 5.28. The molecule has 0 amide bonds. The number of carbonyl (C=O) groups is 1. The summed E-state index contributed by atoms with van der Waals surface area (Å²) in [4.78, 5) is 21.0. The highest BCUT2D eigenvalue weighted by Crippen LogP contribution is 2.41. The smallest absolute Gasteiger partial charge is 0.308 e. The summed E-state index contributed by atoms with van der Waals surface area (Å²) in [5.41, 5.74) is 0. The highest BCUT2D eigenvalue weighted by molar-refractivity contribution is 7.66. The van der Waals surface area contributed by atoms with Gasteiger partial charge in [-0.05, 0) is 12.1 Å². The van der Waals surface area contributed by atoms with Gasteiger partial charge >= 0.3 is 5.97 Å². The number of hydrogen-bond donors (Lipinski definition) is 1. The van der Waals surface area contributed by atoms with Gasteiger partial charge in [0.15, 0.2) is 0 Å². The third-order valence-electron chi connectivity index (χ3n) is 2.28. The quantitative estimate of drug-likeness (QED) is 0.640. The van der Waals surface area contributed by atoms with Crippen molar-refractivity contribution in [2.75, 3.05) is 13.3 Å². The molecule has 5 heteroatoms. The van der Waals surface area contributed by atoms with E-state index in [-0.39, 0.29) is 6.16 Å². The molecule has 1 aromatic rings. The highest BCUT2D eigenvalue weighted by atomic mass is 31.2. The Kier molecular flexibility index (Phi) is 4.27. The summed E-state index contributed by atoms with van der Waals surface area (Å²) in [6.45, 7) is 1.58. The number of rotatable bonds is 4. The third kappa shape index (κ3) is 3.19. The summed E-state index contributed by atoms with van der Waals surface area (Å²) < 4.78 is 16.5. The Morgan fingerprint density at radius 1 is 1.44 bits per heavy atom. The number of carbonyl (C=O) groups excluding carboxylic acids is 1. The molecule has 0 bridgehead atoms. The minimum Gasteiger partial charge on any atom is -0.469 e. The van der Waals surface area contributed by atoms with Crippen LogP contribution >= 0.6 is 7.37 Å². The molecular weight excluding hydrogens is 227 g/mol. The average Bonchev–Trinajstić information content (AvgIpc) is 2.28. The van der Waals surface area contributed by atoms with Gasteiger partial charge in [-0.1, -0.05) is 25.1 Å². The summed E-state index contributed by atoms with van der Waals surface area (Å²) in [7, 11) is -2.20. The van der Waals surface area contributed by atoms with Gasteiger partial charge in [0.1, 0.15) is 0 Å². The van der Waals surface area contributed by atoms with Crippen molar-refractivity contribution >= 4 is 18.6 Å². The molecule has 0 heterocycles. The number of benzene rings is 1. The second-order valence-electron chi connectivity index (χ2n) is 3.64. The fraction of sp³-hybridized carbons (Fsp3) is 0.364. The van der Waals surface area contributed by atoms with E-state index < -0.39 is 19.3 Å². The summed E-state index contributed by atoms with van der Waals surface area (Å²) in [6.07, 6.45) is -0.0936. The van der Waals surface area contributed by atoms with Gasteiger partial charge in [0.2, 0.25) is 7.37 Å². The molecule has 2 unspecified atom stereocenters. The zero-order valence-corrected chi connectivity index (χ0v) is 10.2. The third-order valence-corrected chi connectivity index (χ3v) is 4.43. The molecule has 0 saturated carbocycles. The fourth-order valence-corrected chi connectivity index (χ4v) is 3.15. The fourth-order valence-electron chi connectivity index (χ4n) is 1.41. The van der Waals surface area contributed by atoms with Crippen LogP contribution in [0.4, 0.5) is 0 Å². The van der Waals surface area contributed by atoms with E-state index >= 15 is 0 Å². The molecule has 0 saturated heterocycles. The van der Waals surface area contributed by atoms with Crippen molar-refractivity contribution in [1.82, 2.24) is 0 Å². The van der Waals surface area contributed by atoms with Gasteiger partial charge in [0, 0.05) is 11.5 Å². The monoisotopic (exact) mass is 242 g/mol. The number of ether oxygens (including phenoxy) is 1. The molecule has 0 aliphatic heterocycles. The van der Waals surface area contributed by atoms with Crippen LogP contribution in [0.25, 0.3) is 0 Å². The van der Waals surface area contributed by atoms with E-state index in [2.05, 4.69) is 4.74 Å². The SMILES string of the molecule is COC(=O)C(C)CP(=O)(O)c1ccccc1. The maximum atomic E-state index is 12.0. The molecule has 1 rings (SSSR count). The number of hydrogen-bond acceptors (Lipinski definition) is 3. The predicted octanol–water partition coefficient (Wildman–Crippen LogP) is 1.39. The molecule has 2 atom stereocenters. The van der Waals surface area contributed by atoms with Gasteiger partial charge in [0.25, 0.3) is 0 Å². The molecule has 88 valence electrons. The standard InChI is InChI=1S/C11H15O4P/c1-9(11(12)15-2)8-16(13,14)10-6-4-3-5-7-10/h3-7,9H,8H2,1-2H3,(H,13,14). The largest absolute Gasteiger partial charge is 0.469 e. The lowest BCUT2D eigenvalue weighted by molar-refractivity contribution is -0.144. The molecule has 0 radical (unpaired) electrons. The van der Waals surface area contributed by atoms with Gasteiger partial charge in [-0.25, -0.2) is 0 Å². The first-order valence-corrected chi connectivity index (χ1v) is 6.77. The average molecular weight is 242 g/mol. The maximum Gasteiger partial charge on any atom is 0.308 e. The van der Waals surface area contributed by atoms with E-state index in [0.717, 1.165) is 0 Å². The van der Waals surface area contributed by atoms with Crippen molar-refractivity contribution in [2.45, 2.75) is 6.92 Å². The zero-order valence-electron chi connectivity index (χ0n) is 9.29. The Labute approximate surface area is 94.7 Å². The topological polar surface area (TPSA) is 63.6 Å². The maximum absolute atomic E-state index is 12.0. The van der Waals surface area contributed by atoms with E-state index in [0.29, 0.717) is 5.30 Å². The molecule has 0 aliphatic carbocycles. The van der Waals surface area contributed by atoms with E-state index in [1.807, 2.05) is 0 Å². The Bertz CT molecular complexity index is 402. The van der Waals surface area contributed by atoms with Crippen molar-refractivity contribution in [1.29, 1.82) is 0 Å². The first-order chi connectivity index (χ1) is 7.47. The lowest BCUT2D eigenvalue weighted by atomic mass is 10.2. The van der Waals surface area contributed by atoms with Gasteiger partial charge in [-0.2, -0.15) is 0 Å². The number of methoxy groups -OCH3 is 1. The first-order valence-electron chi connectivity index (χ1n) is 4.92. The minimum atomic E-state index is -3.47. The first kappa shape index (κ1) is 12.9. The van der Waals surface area contributed by atoms with Crippen molar-refractivity contribution in [3.05, 3.63) is 30.3 Å². The zero-order chi connectivity index (χ0) is 12.2. The molecule has 1 aromatic carbocycles. The summed E-state index contributed by atoms with van der Waals surface area (Å²) in [5.74, 6) is -1.05. The minimum absolute atomic E-state index is 0.0936. The van der Waals surface area contributed by atoms with Crippen LogP contribution < -0.4 is 5.30 Å². The normalized spacial score (nSPS) is 16.2. The molecule has 0 spiro atoms. The van der Waals surface area contributed by atoms with Gasteiger partial charge in [0.05, 0.1) is 13.0 Å². The summed E-state index contributed by atoms with van der Waals surface area (Å²) >= 11 is 0. The van der Waals surface area contributed by atoms with E-state index in [9.17, 15) is 14.3 Å². The van der Waals surface area contributed by atoms with E-state index in [1.165, 1.54) is 7.11 Å². The van der Waals surface area contributed by atoms with Crippen LogP contribution in [0.3, 0.4) is 0 Å². The van der Waals surface area contributed by atoms with Gasteiger partial charge in [-0.15, -0.1) is 0 Å². The lowest BCUT2D eigenvalue weighted by Crippen LogP contribution is -2.20. The summed E-state index contributed by atoms with van der Waals surface area (Å²) in [6, 6.07) is 8.34. The van der Waals surface area contributed by atoms with Crippen molar-refractivity contribution in [3.63, 3.8) is 0 Å². The van der Waals surface area contributed by atoms with Crippen LogP contribution in [0.5, 0.6) is 0 Å². The van der Waals surface area contributed by atoms with Crippen molar-refractivity contribution < 1.29 is 19.0 Å². The molecule has 0 aromatic heterocycles. The van der Waals surface area contributed by atoms with Crippen molar-refractivity contribution in [2.24, 2.45) is 5.92 Å². The van der Waals surface area contributed by atoms with Gasteiger partial charge < -0.3 is 9.63 Å². The molecule has 4 nitrogen and oxygen atoms in total. The Balaban J connectivity index is 2.80. The summed E-state index contributed by atoms with van der Waals surface area (Å²) in [5, 5.41) is 0.366. The van der Waals surface area contributed by atoms with E-state index in [4.69, 9.17) is 0 Å². The molecular formula is C11H15O4P. The molecule has 16 heavy (non-hydrogen) atoms. The van der Waals surface area contributed by atoms with Crippen molar-refractivity contribution in [3.8, 4) is 0 Å². The van der Waals surface area contributed by atoms with Crippen LogP contribution in [0.2, 0.25) is 0 Å². The van der Waals surface area contributed by atoms with Crippen LogP contribution in [0.15, 0.2) is 30.3 Å². The van der Waals surface area contributed by atoms with Crippen LogP contribution in [0.1, 0.15) is 6.92 Å². The second-order valence-corrected chi connectivity index (χ2v) is 5.93. The highest BCUT2D eigenvalue weighted by Gasteiger charge is 2.27. The van der Waals surface area contributed by atoms with E-state index in [1.54, 1.807) is 37.3 Å². The van der Waals surface area contributed by atoms with Crippen LogP contribution in [0, 0.1) is 5.92 Å². The Morgan fingerprint density at radius 2 is 2.00 bits per heavy atom.